The molecule has 0 aliphatic carbocycles. The lowest BCUT2D eigenvalue weighted by Gasteiger charge is -2.10. The van der Waals surface area contributed by atoms with E-state index in [1.807, 2.05) is 60.8 Å². The molecule has 0 saturated heterocycles. The van der Waals surface area contributed by atoms with E-state index in [2.05, 4.69) is 27.0 Å². The number of aromatic nitrogens is 3. The van der Waals surface area contributed by atoms with Crippen molar-refractivity contribution in [2.45, 2.75) is 23.9 Å². The van der Waals surface area contributed by atoms with Crippen LogP contribution in [0.3, 0.4) is 0 Å². The molecule has 1 N–H and O–H groups in total. The van der Waals surface area contributed by atoms with Crippen LogP contribution in [0.1, 0.15) is 27.2 Å². The van der Waals surface area contributed by atoms with Gasteiger partial charge in [-0.25, -0.2) is 4.98 Å². The monoisotopic (exact) mass is 498 g/mol. The minimum Gasteiger partial charge on any atom is -0.497 e. The maximum Gasteiger partial charge on any atom is 0.251 e. The van der Waals surface area contributed by atoms with Crippen LogP contribution in [-0.2, 0) is 18.7 Å². The van der Waals surface area contributed by atoms with Gasteiger partial charge in [0, 0.05) is 30.5 Å². The molecule has 0 fully saturated rings. The Morgan fingerprint density at radius 3 is 2.61 bits per heavy atom. The van der Waals surface area contributed by atoms with E-state index >= 15 is 0 Å². The standard InChI is InChI=1S/C28H26N4O3S/c1-34-23-10-6-21(7-11-23)19-36-28-31-25-13-14-29-17-26(25)32(28)18-20-4-8-22(9-5-20)27(33)30-15-12-24-3-2-16-35-24/h2-11,13-14,16-17H,12,15,18-19H2,1H3,(H,30,33). The Hall–Kier alpha value is -4.04. The van der Waals surface area contributed by atoms with Gasteiger partial charge in [-0.2, -0.15) is 0 Å². The van der Waals surface area contributed by atoms with Crippen molar-refractivity contribution in [3.05, 3.63) is 108 Å². The third kappa shape index (κ3) is 5.60. The van der Waals surface area contributed by atoms with Gasteiger partial charge in [0.2, 0.25) is 0 Å². The summed E-state index contributed by atoms with van der Waals surface area (Å²) >= 11 is 1.69. The lowest BCUT2D eigenvalue weighted by atomic mass is 10.1. The van der Waals surface area contributed by atoms with E-state index in [1.54, 1.807) is 31.3 Å². The van der Waals surface area contributed by atoms with Crippen LogP contribution < -0.4 is 10.1 Å². The molecule has 1 amide bonds. The van der Waals surface area contributed by atoms with Crippen LogP contribution in [0.15, 0.2) is 95.0 Å². The van der Waals surface area contributed by atoms with Crippen molar-refractivity contribution in [1.82, 2.24) is 19.9 Å². The fraction of sp³-hybridized carbons (Fsp3) is 0.179. The van der Waals surface area contributed by atoms with Gasteiger partial charge in [0.15, 0.2) is 5.16 Å². The third-order valence-electron chi connectivity index (χ3n) is 5.84. The predicted octanol–water partition coefficient (Wildman–Crippen LogP) is 5.35. The summed E-state index contributed by atoms with van der Waals surface area (Å²) in [6, 6.07) is 21.4. The second-order valence-corrected chi connectivity index (χ2v) is 9.21. The van der Waals surface area contributed by atoms with Gasteiger partial charge in [-0.15, -0.1) is 0 Å². The molecule has 3 aromatic heterocycles. The maximum atomic E-state index is 12.5. The number of methoxy groups -OCH3 is 1. The van der Waals surface area contributed by atoms with E-state index in [0.29, 0.717) is 25.1 Å². The largest absolute Gasteiger partial charge is 0.497 e. The highest BCUT2D eigenvalue weighted by molar-refractivity contribution is 7.98. The number of imidazole rings is 1. The number of nitrogens with zero attached hydrogens (tertiary/aromatic N) is 3. The summed E-state index contributed by atoms with van der Waals surface area (Å²) in [4.78, 5) is 21.7. The Kier molecular flexibility index (Phi) is 7.33. The van der Waals surface area contributed by atoms with Crippen molar-refractivity contribution in [2.24, 2.45) is 0 Å². The fourth-order valence-electron chi connectivity index (χ4n) is 3.88. The first-order valence-corrected chi connectivity index (χ1v) is 12.6. The van der Waals surface area contributed by atoms with Crippen LogP contribution in [-0.4, -0.2) is 34.1 Å². The van der Waals surface area contributed by atoms with Crippen molar-refractivity contribution in [1.29, 1.82) is 0 Å². The van der Waals surface area contributed by atoms with Crippen LogP contribution in [0.5, 0.6) is 5.75 Å². The van der Waals surface area contributed by atoms with Crippen molar-refractivity contribution in [3.8, 4) is 5.75 Å². The van der Waals surface area contributed by atoms with Gasteiger partial charge in [0.05, 0.1) is 37.1 Å². The van der Waals surface area contributed by atoms with Gasteiger partial charge in [-0.3, -0.25) is 9.78 Å². The summed E-state index contributed by atoms with van der Waals surface area (Å²) in [5.41, 5.74) is 4.80. The molecule has 0 bridgehead atoms. The van der Waals surface area contributed by atoms with Crippen LogP contribution in [0.25, 0.3) is 11.0 Å². The van der Waals surface area contributed by atoms with Gasteiger partial charge in [0.25, 0.3) is 5.91 Å². The van der Waals surface area contributed by atoms with Crippen LogP contribution in [0, 0.1) is 0 Å². The first-order valence-electron chi connectivity index (χ1n) is 11.6. The molecule has 8 heteroatoms. The molecule has 0 spiro atoms. The first kappa shape index (κ1) is 23.7. The number of carbonyl (C=O) groups is 1. The number of thioether (sulfide) groups is 1. The summed E-state index contributed by atoms with van der Waals surface area (Å²) in [6.07, 6.45) is 5.91. The highest BCUT2D eigenvalue weighted by atomic mass is 32.2. The first-order chi connectivity index (χ1) is 17.7. The number of rotatable bonds is 10. The second-order valence-electron chi connectivity index (χ2n) is 8.26. The number of nitrogens with one attached hydrogen (secondary N) is 1. The molecule has 3 heterocycles. The number of hydrogen-bond acceptors (Lipinski definition) is 6. The Morgan fingerprint density at radius 2 is 1.86 bits per heavy atom. The summed E-state index contributed by atoms with van der Waals surface area (Å²) < 4.78 is 12.7. The molecule has 0 aliphatic rings. The number of benzene rings is 2. The normalized spacial score (nSPS) is 11.0. The molecule has 5 aromatic rings. The lowest BCUT2D eigenvalue weighted by Crippen LogP contribution is -2.25. The number of carbonyl (C=O) groups excluding carboxylic acids is 1. The smallest absolute Gasteiger partial charge is 0.251 e. The number of ether oxygens (including phenoxy) is 1. The van der Waals surface area contributed by atoms with Crippen molar-refractivity contribution >= 4 is 28.7 Å². The number of pyridine rings is 1. The van der Waals surface area contributed by atoms with E-state index in [9.17, 15) is 4.79 Å². The quantitative estimate of drug-likeness (QED) is 0.262. The number of fused-ring (bicyclic) bond motifs is 1. The second kappa shape index (κ2) is 11.1. The maximum absolute atomic E-state index is 12.5. The molecule has 2 aromatic carbocycles. The zero-order valence-corrected chi connectivity index (χ0v) is 20.7. The molecular formula is C28H26N4O3S. The fourth-order valence-corrected chi connectivity index (χ4v) is 4.85. The molecule has 0 aliphatic heterocycles. The van der Waals surface area contributed by atoms with Gasteiger partial charge >= 0.3 is 0 Å². The topological polar surface area (TPSA) is 82.2 Å². The zero-order chi connectivity index (χ0) is 24.7. The number of furan rings is 1. The van der Waals surface area contributed by atoms with Crippen LogP contribution >= 0.6 is 11.8 Å². The molecular weight excluding hydrogens is 472 g/mol. The van der Waals surface area contributed by atoms with Crippen LogP contribution in [0.2, 0.25) is 0 Å². The van der Waals surface area contributed by atoms with E-state index in [0.717, 1.165) is 39.0 Å². The number of amides is 1. The summed E-state index contributed by atoms with van der Waals surface area (Å²) in [7, 11) is 1.67. The van der Waals surface area contributed by atoms with Crippen molar-refractivity contribution in [3.63, 3.8) is 0 Å². The summed E-state index contributed by atoms with van der Waals surface area (Å²) in [5.74, 6) is 2.39. The molecule has 182 valence electrons. The highest BCUT2D eigenvalue weighted by Crippen LogP contribution is 2.28. The van der Waals surface area contributed by atoms with Crippen LogP contribution in [0.4, 0.5) is 0 Å². The average Bonchev–Trinajstić information content (AvgIpc) is 3.56. The molecule has 0 atom stereocenters. The molecule has 0 radical (unpaired) electrons. The molecule has 7 nitrogen and oxygen atoms in total. The molecule has 0 unspecified atom stereocenters. The van der Waals surface area contributed by atoms with E-state index in [4.69, 9.17) is 14.1 Å². The average molecular weight is 499 g/mol. The lowest BCUT2D eigenvalue weighted by molar-refractivity contribution is 0.0953. The third-order valence-corrected chi connectivity index (χ3v) is 6.88. The Labute approximate surface area is 213 Å². The van der Waals surface area contributed by atoms with E-state index in [1.165, 1.54) is 5.56 Å². The Balaban J connectivity index is 1.27. The Bertz CT molecular complexity index is 1430. The minimum atomic E-state index is -0.0962. The van der Waals surface area contributed by atoms with Gasteiger partial charge < -0.3 is 19.0 Å². The predicted molar refractivity (Wildman–Crippen MR) is 140 cm³/mol. The van der Waals surface area contributed by atoms with Crippen molar-refractivity contribution in [2.75, 3.05) is 13.7 Å². The summed E-state index contributed by atoms with van der Waals surface area (Å²) in [5, 5.41) is 3.87. The van der Waals surface area contributed by atoms with Gasteiger partial charge in [0.1, 0.15) is 11.5 Å². The summed E-state index contributed by atoms with van der Waals surface area (Å²) in [6.45, 7) is 1.16. The zero-order valence-electron chi connectivity index (χ0n) is 19.9. The SMILES string of the molecule is COc1ccc(CSc2nc3ccncc3n2Cc2ccc(C(=O)NCCc3ccco3)cc2)cc1. The minimum absolute atomic E-state index is 0.0962. The van der Waals surface area contributed by atoms with E-state index < -0.39 is 0 Å². The number of hydrogen-bond donors (Lipinski definition) is 1. The van der Waals surface area contributed by atoms with Crippen molar-refractivity contribution < 1.29 is 13.9 Å². The van der Waals surface area contributed by atoms with E-state index in [-0.39, 0.29) is 5.91 Å². The van der Waals surface area contributed by atoms with Gasteiger partial charge in [-0.1, -0.05) is 36.0 Å². The highest BCUT2D eigenvalue weighted by Gasteiger charge is 2.13. The van der Waals surface area contributed by atoms with Gasteiger partial charge in [-0.05, 0) is 53.6 Å². The Morgan fingerprint density at radius 1 is 1.06 bits per heavy atom. The molecule has 36 heavy (non-hydrogen) atoms. The molecule has 0 saturated carbocycles. The molecule has 5 rings (SSSR count).